The quantitative estimate of drug-likeness (QED) is 0.100. The topological polar surface area (TPSA) is 81.7 Å². The van der Waals surface area contributed by atoms with Gasteiger partial charge in [-0.2, -0.15) is 5.26 Å². The van der Waals surface area contributed by atoms with Crippen LogP contribution in [0.2, 0.25) is 20.1 Å². The smallest absolute Gasteiger partial charge is 0.696 e. The summed E-state index contributed by atoms with van der Waals surface area (Å²) in [5, 5.41) is 20.7. The van der Waals surface area contributed by atoms with Crippen LogP contribution in [0.25, 0.3) is 0 Å². The molecule has 2 atom stereocenters. The molecule has 0 bridgehead atoms. The minimum Gasteiger partial charge on any atom is -0.696 e. The van der Waals surface area contributed by atoms with Gasteiger partial charge in [-0.15, -0.1) is 0 Å². The standard InChI is InChI=1S/C13H11Cl2NOS.C12H11BrCl2O.CHNS.Na/c14-10-4-3-9(6-11(10)15)13(17)12(18-7-16)5-8-1-2-8;13-9(5-7-1-2-7)12(16)8-3-4-10(14)11(15)6-8;2-1-3;/h3-4,6,8,12H,1-2,5H2;3-4,6-7,9H,1-2,5H2;3H;/q;;;+1/p-1. The Kier molecular flexibility index (Phi) is 17.4. The number of thiocyanates is 2. The summed E-state index contributed by atoms with van der Waals surface area (Å²) in [6.07, 6.45) is 6.51. The Morgan fingerprint density at radius 3 is 1.68 bits per heavy atom. The zero-order valence-corrected chi connectivity index (χ0v) is 28.7. The molecule has 2 aliphatic carbocycles. The van der Waals surface area contributed by atoms with Gasteiger partial charge in [0.2, 0.25) is 0 Å². The summed E-state index contributed by atoms with van der Waals surface area (Å²) in [5.74, 6) is 1.37. The van der Waals surface area contributed by atoms with Crippen molar-refractivity contribution in [2.45, 2.75) is 48.6 Å². The Balaban J connectivity index is 0.000000338. The molecule has 0 spiro atoms. The van der Waals surface area contributed by atoms with Crippen molar-refractivity contribution in [2.24, 2.45) is 11.8 Å². The van der Waals surface area contributed by atoms with Crippen LogP contribution in [0, 0.1) is 33.2 Å². The summed E-state index contributed by atoms with van der Waals surface area (Å²) >= 11 is 31.6. The molecule has 4 rings (SSSR count). The number of alkyl halides is 1. The van der Waals surface area contributed by atoms with E-state index >= 15 is 0 Å². The van der Waals surface area contributed by atoms with Crippen molar-refractivity contribution in [1.29, 1.82) is 10.5 Å². The van der Waals surface area contributed by atoms with Gasteiger partial charge >= 0.3 is 29.6 Å². The molecule has 38 heavy (non-hydrogen) atoms. The number of carbonyl (C=O) groups is 2. The first-order valence-corrected chi connectivity index (χ1v) is 15.0. The Morgan fingerprint density at radius 1 is 0.868 bits per heavy atom. The van der Waals surface area contributed by atoms with E-state index in [9.17, 15) is 9.59 Å². The van der Waals surface area contributed by atoms with Crippen molar-refractivity contribution in [3.8, 4) is 10.8 Å². The van der Waals surface area contributed by atoms with Gasteiger partial charge in [-0.3, -0.25) is 9.59 Å². The van der Waals surface area contributed by atoms with Crippen molar-refractivity contribution in [3.05, 3.63) is 67.6 Å². The monoisotopic (exact) mass is 700 g/mol. The van der Waals surface area contributed by atoms with Gasteiger partial charge in [-0.1, -0.05) is 93.4 Å². The van der Waals surface area contributed by atoms with Crippen LogP contribution in [-0.2, 0) is 12.6 Å². The molecule has 2 fully saturated rings. The second-order valence-electron chi connectivity index (χ2n) is 8.60. The van der Waals surface area contributed by atoms with E-state index in [1.54, 1.807) is 36.4 Å². The fourth-order valence-electron chi connectivity index (χ4n) is 3.35. The molecule has 2 unspecified atom stereocenters. The van der Waals surface area contributed by atoms with E-state index < -0.39 is 0 Å². The minimum atomic E-state index is -0.292. The maximum atomic E-state index is 12.3. The van der Waals surface area contributed by atoms with E-state index in [1.807, 2.05) is 5.40 Å². The first-order valence-electron chi connectivity index (χ1n) is 11.3. The van der Waals surface area contributed by atoms with Crippen LogP contribution in [0.15, 0.2) is 36.4 Å². The number of nitriles is 2. The van der Waals surface area contributed by atoms with E-state index in [0.29, 0.717) is 37.1 Å². The third-order valence-electron chi connectivity index (χ3n) is 5.66. The number of benzene rings is 2. The molecule has 0 amide bonds. The number of ketones is 2. The van der Waals surface area contributed by atoms with Crippen molar-refractivity contribution in [1.82, 2.24) is 0 Å². The van der Waals surface area contributed by atoms with Crippen molar-refractivity contribution < 1.29 is 39.1 Å². The van der Waals surface area contributed by atoms with Gasteiger partial charge < -0.3 is 12.6 Å². The second-order valence-corrected chi connectivity index (χ2v) is 12.5. The maximum absolute atomic E-state index is 12.3. The van der Waals surface area contributed by atoms with E-state index in [2.05, 4.69) is 28.6 Å². The minimum absolute atomic E-state index is 0. The Hall–Kier alpha value is -0.0300. The Morgan fingerprint density at radius 2 is 1.29 bits per heavy atom. The number of hydrogen-bond donors (Lipinski definition) is 0. The fraction of sp³-hybridized carbons (Fsp3) is 0.385. The first-order chi connectivity index (χ1) is 17.6. The molecular weight excluding hydrogens is 681 g/mol. The van der Waals surface area contributed by atoms with Gasteiger partial charge in [0.15, 0.2) is 11.6 Å². The number of Topliss-reactive ketones (excluding diaryl/α,β-unsaturated/α-hetero) is 2. The molecule has 0 saturated heterocycles. The van der Waals surface area contributed by atoms with Gasteiger partial charge in [-0.05, 0) is 72.8 Å². The van der Waals surface area contributed by atoms with Gasteiger partial charge in [0.25, 0.3) is 0 Å². The Bertz CT molecular complexity index is 1200. The molecule has 2 aromatic rings. The third-order valence-corrected chi connectivity index (χ3v) is 8.73. The summed E-state index contributed by atoms with van der Waals surface area (Å²) in [7, 11) is 0. The van der Waals surface area contributed by atoms with Crippen LogP contribution in [-0.4, -0.2) is 21.6 Å². The molecule has 2 aliphatic rings. The van der Waals surface area contributed by atoms with E-state index in [-0.39, 0.29) is 51.2 Å². The molecule has 196 valence electrons. The van der Waals surface area contributed by atoms with Crippen LogP contribution in [0.1, 0.15) is 59.2 Å². The fourth-order valence-corrected chi connectivity index (χ4v) is 5.48. The molecule has 4 nitrogen and oxygen atoms in total. The molecule has 0 aromatic heterocycles. The van der Waals surface area contributed by atoms with Crippen LogP contribution >= 0.6 is 74.1 Å². The van der Waals surface area contributed by atoms with Crippen molar-refractivity contribution in [3.63, 3.8) is 0 Å². The molecule has 2 saturated carbocycles. The molecular formula is C26H22BrCl4N2NaO2S2. The average molecular weight is 703 g/mol. The van der Waals surface area contributed by atoms with Gasteiger partial charge in [0.05, 0.1) is 30.2 Å². The summed E-state index contributed by atoms with van der Waals surface area (Å²) < 4.78 is 0. The normalized spacial score (nSPS) is 15.0. The predicted molar refractivity (Wildman–Crippen MR) is 159 cm³/mol. The van der Waals surface area contributed by atoms with Crippen LogP contribution < -0.4 is 29.6 Å². The van der Waals surface area contributed by atoms with Gasteiger partial charge in [0.1, 0.15) is 5.40 Å². The third kappa shape index (κ3) is 12.6. The number of halogens is 5. The summed E-state index contributed by atoms with van der Waals surface area (Å²) in [5.41, 5.74) is 1.15. The maximum Gasteiger partial charge on any atom is 1.00 e. The molecule has 12 heteroatoms. The van der Waals surface area contributed by atoms with Crippen molar-refractivity contribution in [2.75, 3.05) is 0 Å². The first kappa shape index (κ1) is 36.0. The average Bonchev–Trinajstić information content (AvgIpc) is 3.79. The summed E-state index contributed by atoms with van der Waals surface area (Å²) in [4.78, 5) is 24.2. The largest absolute Gasteiger partial charge is 1.00 e. The molecule has 2 aromatic carbocycles. The molecule has 0 heterocycles. The van der Waals surface area contributed by atoms with Crippen molar-refractivity contribution >= 4 is 98.3 Å². The summed E-state index contributed by atoms with van der Waals surface area (Å²) in [6.45, 7) is 0. The molecule has 0 N–H and O–H groups in total. The van der Waals surface area contributed by atoms with Gasteiger partial charge in [-0.25, -0.2) is 5.26 Å². The van der Waals surface area contributed by atoms with E-state index in [0.717, 1.165) is 43.4 Å². The number of thioether (sulfide) groups is 1. The molecule has 0 aliphatic heterocycles. The SMILES string of the molecule is N#CSC(CC1CC1)C(=O)c1ccc(Cl)c(Cl)c1.N#C[S-].O=C(c1ccc(Cl)c(Cl)c1)C(Br)CC1CC1.[Na+]. The van der Waals surface area contributed by atoms with E-state index in [4.69, 9.17) is 56.9 Å². The Labute approximate surface area is 283 Å². The van der Waals surface area contributed by atoms with Crippen LogP contribution in [0.4, 0.5) is 0 Å². The van der Waals surface area contributed by atoms with Crippen LogP contribution in [0.5, 0.6) is 0 Å². The number of hydrogen-bond acceptors (Lipinski definition) is 6. The molecule has 0 radical (unpaired) electrons. The van der Waals surface area contributed by atoms with E-state index in [1.165, 1.54) is 18.2 Å². The number of nitrogens with zero attached hydrogens (tertiary/aromatic N) is 2. The zero-order valence-electron chi connectivity index (χ0n) is 20.4. The zero-order chi connectivity index (χ0) is 27.5. The number of carbonyl (C=O) groups excluding carboxylic acids is 2. The predicted octanol–water partition coefficient (Wildman–Crippen LogP) is 6.32. The van der Waals surface area contributed by atoms with Gasteiger partial charge in [0, 0.05) is 11.1 Å². The van der Waals surface area contributed by atoms with Crippen LogP contribution in [0.3, 0.4) is 0 Å². The second kappa shape index (κ2) is 18.4. The summed E-state index contributed by atoms with van der Waals surface area (Å²) in [6, 6.07) is 9.86. The number of rotatable bonds is 9.